The van der Waals surface area contributed by atoms with E-state index in [2.05, 4.69) is 20.2 Å². The second-order valence-electron chi connectivity index (χ2n) is 6.62. The molecule has 1 saturated carbocycles. The average Bonchev–Trinajstić information content (AvgIpc) is 2.89. The van der Waals surface area contributed by atoms with Gasteiger partial charge >= 0.3 is 6.03 Å². The summed E-state index contributed by atoms with van der Waals surface area (Å²) in [5.41, 5.74) is 2.07. The van der Waals surface area contributed by atoms with Crippen molar-refractivity contribution in [2.75, 3.05) is 13.1 Å². The van der Waals surface area contributed by atoms with Crippen LogP contribution in [0.2, 0.25) is 0 Å². The maximum atomic E-state index is 11.9. The molecule has 1 aliphatic rings. The minimum Gasteiger partial charge on any atom is -0.393 e. The Bertz CT molecular complexity index is 697. The van der Waals surface area contributed by atoms with Crippen molar-refractivity contribution >= 4 is 17.1 Å². The van der Waals surface area contributed by atoms with Crippen molar-refractivity contribution in [1.82, 2.24) is 20.2 Å². The number of carbonyl (C=O) groups is 1. The topological polar surface area (TPSA) is 79.2 Å². The van der Waals surface area contributed by atoms with E-state index in [-0.39, 0.29) is 12.1 Å². The standard InChI is InChI=1S/C18H26N4O2/c1-13-21-16-7-2-3-8-17(16)22(13)10-9-19-18(24)20-12-14-5-4-6-15(23)11-14/h2-3,7-8,14-15,23H,4-6,9-12H2,1H3,(H2,19,20,24). The minimum atomic E-state index is -0.203. The summed E-state index contributed by atoms with van der Waals surface area (Å²) < 4.78 is 2.12. The van der Waals surface area contributed by atoms with Gasteiger partial charge in [-0.05, 0) is 44.2 Å². The van der Waals surface area contributed by atoms with E-state index in [4.69, 9.17) is 0 Å². The number of urea groups is 1. The lowest BCUT2D eigenvalue weighted by Crippen LogP contribution is -2.40. The van der Waals surface area contributed by atoms with Crippen molar-refractivity contribution in [2.45, 2.75) is 45.3 Å². The molecule has 2 atom stereocenters. The highest BCUT2D eigenvalue weighted by molar-refractivity contribution is 5.76. The van der Waals surface area contributed by atoms with Crippen LogP contribution < -0.4 is 10.6 Å². The molecule has 0 saturated heterocycles. The van der Waals surface area contributed by atoms with E-state index in [0.29, 0.717) is 25.6 Å². The van der Waals surface area contributed by atoms with Gasteiger partial charge in [0.2, 0.25) is 0 Å². The zero-order valence-corrected chi connectivity index (χ0v) is 14.2. The van der Waals surface area contributed by atoms with Crippen molar-refractivity contribution in [3.63, 3.8) is 0 Å². The van der Waals surface area contributed by atoms with Gasteiger partial charge in [0.15, 0.2) is 0 Å². The van der Waals surface area contributed by atoms with Crippen LogP contribution in [0.4, 0.5) is 4.79 Å². The molecule has 0 spiro atoms. The number of hydrogen-bond acceptors (Lipinski definition) is 3. The molecule has 2 unspecified atom stereocenters. The molecule has 0 aliphatic heterocycles. The normalized spacial score (nSPS) is 20.9. The Morgan fingerprint density at radius 2 is 2.17 bits per heavy atom. The van der Waals surface area contributed by atoms with E-state index in [1.54, 1.807) is 0 Å². The molecule has 1 aromatic carbocycles. The summed E-state index contributed by atoms with van der Waals surface area (Å²) in [5, 5.41) is 15.5. The molecular formula is C18H26N4O2. The van der Waals surface area contributed by atoms with Crippen LogP contribution in [0.25, 0.3) is 11.0 Å². The Kier molecular flexibility index (Phi) is 5.35. The number of hydrogen-bond donors (Lipinski definition) is 3. The van der Waals surface area contributed by atoms with Gasteiger partial charge in [0.1, 0.15) is 5.82 Å². The maximum Gasteiger partial charge on any atom is 0.314 e. The number of aliphatic hydroxyl groups is 1. The van der Waals surface area contributed by atoms with Crippen LogP contribution in [0.5, 0.6) is 0 Å². The first kappa shape index (κ1) is 16.8. The molecular weight excluding hydrogens is 304 g/mol. The van der Waals surface area contributed by atoms with E-state index >= 15 is 0 Å². The summed E-state index contributed by atoms with van der Waals surface area (Å²) in [5.74, 6) is 1.34. The van der Waals surface area contributed by atoms with Crippen LogP contribution in [-0.4, -0.2) is 39.9 Å². The first-order chi connectivity index (χ1) is 11.6. The predicted molar refractivity (Wildman–Crippen MR) is 93.8 cm³/mol. The van der Waals surface area contributed by atoms with E-state index < -0.39 is 0 Å². The largest absolute Gasteiger partial charge is 0.393 e. The lowest BCUT2D eigenvalue weighted by molar-refractivity contribution is 0.101. The zero-order chi connectivity index (χ0) is 16.9. The Morgan fingerprint density at radius 3 is 3.00 bits per heavy atom. The van der Waals surface area contributed by atoms with E-state index in [1.807, 2.05) is 31.2 Å². The molecule has 1 aromatic heterocycles. The van der Waals surface area contributed by atoms with Crippen LogP contribution in [0.3, 0.4) is 0 Å². The number of benzene rings is 1. The molecule has 130 valence electrons. The summed E-state index contributed by atoms with van der Waals surface area (Å²) >= 11 is 0. The number of amides is 2. The van der Waals surface area contributed by atoms with Crippen LogP contribution in [0, 0.1) is 12.8 Å². The molecule has 1 fully saturated rings. The maximum absolute atomic E-state index is 11.9. The molecule has 2 aromatic rings. The summed E-state index contributed by atoms with van der Waals surface area (Å²) in [6.45, 7) is 3.87. The van der Waals surface area contributed by atoms with Gasteiger partial charge < -0.3 is 20.3 Å². The lowest BCUT2D eigenvalue weighted by Gasteiger charge is -2.25. The van der Waals surface area contributed by atoms with Gasteiger partial charge in [-0.2, -0.15) is 0 Å². The number of nitrogens with one attached hydrogen (secondary N) is 2. The molecule has 1 aliphatic carbocycles. The van der Waals surface area contributed by atoms with E-state index in [0.717, 1.165) is 42.5 Å². The first-order valence-electron chi connectivity index (χ1n) is 8.75. The van der Waals surface area contributed by atoms with Crippen molar-refractivity contribution in [2.24, 2.45) is 5.92 Å². The number of aryl methyl sites for hydroxylation is 1. The molecule has 0 radical (unpaired) electrons. The predicted octanol–water partition coefficient (Wildman–Crippen LogP) is 2.20. The van der Waals surface area contributed by atoms with Crippen molar-refractivity contribution < 1.29 is 9.90 Å². The van der Waals surface area contributed by atoms with E-state index in [9.17, 15) is 9.90 Å². The Labute approximate surface area is 142 Å². The molecule has 3 rings (SSSR count). The van der Waals surface area contributed by atoms with Crippen LogP contribution in [0.15, 0.2) is 24.3 Å². The number of nitrogens with zero attached hydrogens (tertiary/aromatic N) is 2. The SMILES string of the molecule is Cc1nc2ccccc2n1CCNC(=O)NCC1CCCC(O)C1. The number of aromatic nitrogens is 2. The quantitative estimate of drug-likeness (QED) is 0.786. The van der Waals surface area contributed by atoms with Gasteiger partial charge in [-0.25, -0.2) is 9.78 Å². The number of rotatable bonds is 5. The highest BCUT2D eigenvalue weighted by atomic mass is 16.3. The van der Waals surface area contributed by atoms with Crippen molar-refractivity contribution in [1.29, 1.82) is 0 Å². The fraction of sp³-hybridized carbons (Fsp3) is 0.556. The molecule has 24 heavy (non-hydrogen) atoms. The first-order valence-corrected chi connectivity index (χ1v) is 8.75. The molecule has 1 heterocycles. The lowest BCUT2D eigenvalue weighted by atomic mass is 9.87. The van der Waals surface area contributed by atoms with Crippen molar-refractivity contribution in [3.8, 4) is 0 Å². The van der Waals surface area contributed by atoms with Gasteiger partial charge in [0, 0.05) is 19.6 Å². The van der Waals surface area contributed by atoms with Gasteiger partial charge in [-0.15, -0.1) is 0 Å². The Morgan fingerprint density at radius 1 is 1.33 bits per heavy atom. The number of imidazole rings is 1. The van der Waals surface area contributed by atoms with Crippen LogP contribution in [-0.2, 0) is 6.54 Å². The highest BCUT2D eigenvalue weighted by Crippen LogP contribution is 2.23. The van der Waals surface area contributed by atoms with Gasteiger partial charge in [-0.3, -0.25) is 0 Å². The second kappa shape index (κ2) is 7.66. The third kappa shape index (κ3) is 4.06. The number of para-hydroxylation sites is 2. The summed E-state index contributed by atoms with van der Waals surface area (Å²) in [4.78, 5) is 16.5. The number of carbonyl (C=O) groups excluding carboxylic acids is 1. The number of aliphatic hydroxyl groups excluding tert-OH is 1. The third-order valence-corrected chi connectivity index (χ3v) is 4.77. The molecule has 6 nitrogen and oxygen atoms in total. The molecule has 0 bridgehead atoms. The summed E-state index contributed by atoms with van der Waals surface area (Å²) in [7, 11) is 0. The average molecular weight is 330 g/mol. The van der Waals surface area contributed by atoms with Gasteiger partial charge in [0.25, 0.3) is 0 Å². The highest BCUT2D eigenvalue weighted by Gasteiger charge is 2.20. The zero-order valence-electron chi connectivity index (χ0n) is 14.2. The summed E-state index contributed by atoms with van der Waals surface area (Å²) in [6, 6.07) is 7.88. The molecule has 3 N–H and O–H groups in total. The second-order valence-corrected chi connectivity index (χ2v) is 6.62. The minimum absolute atomic E-state index is 0.142. The van der Waals surface area contributed by atoms with Gasteiger partial charge in [0.05, 0.1) is 17.1 Å². The smallest absolute Gasteiger partial charge is 0.314 e. The number of fused-ring (bicyclic) bond motifs is 1. The monoisotopic (exact) mass is 330 g/mol. The van der Waals surface area contributed by atoms with Gasteiger partial charge in [-0.1, -0.05) is 18.6 Å². The third-order valence-electron chi connectivity index (χ3n) is 4.77. The molecule has 6 heteroatoms. The summed E-state index contributed by atoms with van der Waals surface area (Å²) in [6.07, 6.45) is 3.60. The Balaban J connectivity index is 1.44. The fourth-order valence-corrected chi connectivity index (χ4v) is 3.51. The Hall–Kier alpha value is -2.08. The van der Waals surface area contributed by atoms with Crippen LogP contribution >= 0.6 is 0 Å². The van der Waals surface area contributed by atoms with Crippen molar-refractivity contribution in [3.05, 3.63) is 30.1 Å². The van der Waals surface area contributed by atoms with Crippen LogP contribution in [0.1, 0.15) is 31.5 Å². The van der Waals surface area contributed by atoms with E-state index in [1.165, 1.54) is 0 Å². The fourth-order valence-electron chi connectivity index (χ4n) is 3.51. The molecule has 2 amide bonds.